The number of rotatable bonds is 4. The Morgan fingerprint density at radius 2 is 1.84 bits per heavy atom. The minimum atomic E-state index is -0.375. The van der Waals surface area contributed by atoms with Crippen molar-refractivity contribution in [1.29, 1.82) is 0 Å². The second-order valence-corrected chi connectivity index (χ2v) is 8.86. The molecule has 1 amide bonds. The van der Waals surface area contributed by atoms with E-state index >= 15 is 0 Å². The number of likely N-dealkylation sites (tertiary alicyclic amines) is 1. The predicted octanol–water partition coefficient (Wildman–Crippen LogP) is 4.40. The zero-order valence-electron chi connectivity index (χ0n) is 18.2. The number of aryl methyl sites for hydroxylation is 1. The van der Waals surface area contributed by atoms with Crippen LogP contribution in [-0.2, 0) is 0 Å². The normalized spacial score (nSPS) is 17.3. The van der Waals surface area contributed by atoms with Crippen molar-refractivity contribution in [1.82, 2.24) is 14.9 Å². The number of nitrogens with zero attached hydrogens (tertiary/aromatic N) is 4. The minimum absolute atomic E-state index is 0.0187. The van der Waals surface area contributed by atoms with E-state index in [0.717, 1.165) is 55.6 Å². The van der Waals surface area contributed by atoms with E-state index in [1.54, 1.807) is 17.0 Å². The van der Waals surface area contributed by atoms with Crippen LogP contribution in [0.15, 0.2) is 36.4 Å². The summed E-state index contributed by atoms with van der Waals surface area (Å²) < 4.78 is 0. The van der Waals surface area contributed by atoms with Gasteiger partial charge < -0.3 is 14.8 Å². The van der Waals surface area contributed by atoms with Crippen LogP contribution >= 0.6 is 0 Å². The second-order valence-electron chi connectivity index (χ2n) is 8.86. The summed E-state index contributed by atoms with van der Waals surface area (Å²) in [6.07, 6.45) is 3.71. The monoisotopic (exact) mass is 433 g/mol. The van der Waals surface area contributed by atoms with Gasteiger partial charge in [-0.3, -0.25) is 14.9 Å². The highest BCUT2D eigenvalue weighted by Crippen LogP contribution is 2.33. The number of carbonyl (C=O) groups excluding carboxylic acids is 1. The second kappa shape index (κ2) is 8.26. The van der Waals surface area contributed by atoms with Gasteiger partial charge >= 0.3 is 0 Å². The summed E-state index contributed by atoms with van der Waals surface area (Å²) in [5, 5.41) is 11.7. The summed E-state index contributed by atoms with van der Waals surface area (Å²) in [6.45, 7) is 4.93. The third kappa shape index (κ3) is 3.81. The van der Waals surface area contributed by atoms with Crippen LogP contribution in [0.2, 0.25) is 0 Å². The Hall–Kier alpha value is -3.42. The molecule has 0 bridgehead atoms. The number of hydrogen-bond donors (Lipinski definition) is 1. The van der Waals surface area contributed by atoms with E-state index in [1.165, 1.54) is 11.6 Å². The number of aromatic amines is 1. The lowest BCUT2D eigenvalue weighted by atomic mass is 9.95. The average Bonchev–Trinajstić information content (AvgIpc) is 3.48. The van der Waals surface area contributed by atoms with Gasteiger partial charge in [-0.2, -0.15) is 0 Å². The van der Waals surface area contributed by atoms with Crippen molar-refractivity contribution in [2.75, 3.05) is 31.1 Å². The lowest BCUT2D eigenvalue weighted by Crippen LogP contribution is -2.38. The van der Waals surface area contributed by atoms with E-state index < -0.39 is 0 Å². The van der Waals surface area contributed by atoms with Crippen molar-refractivity contribution in [2.24, 2.45) is 0 Å². The first kappa shape index (κ1) is 20.5. The van der Waals surface area contributed by atoms with Crippen molar-refractivity contribution in [3.63, 3.8) is 0 Å². The van der Waals surface area contributed by atoms with Gasteiger partial charge in [0.2, 0.25) is 0 Å². The van der Waals surface area contributed by atoms with Gasteiger partial charge in [-0.1, -0.05) is 6.07 Å². The van der Waals surface area contributed by atoms with E-state index in [4.69, 9.17) is 4.98 Å². The maximum atomic E-state index is 13.1. The first-order chi connectivity index (χ1) is 15.5. The first-order valence-corrected chi connectivity index (χ1v) is 11.3. The number of carbonyl (C=O) groups is 1. The van der Waals surface area contributed by atoms with Gasteiger partial charge in [0.1, 0.15) is 11.5 Å². The molecule has 32 heavy (non-hydrogen) atoms. The number of piperidine rings is 1. The zero-order chi connectivity index (χ0) is 22.2. The summed E-state index contributed by atoms with van der Waals surface area (Å²) in [5.41, 5.74) is 4.22. The third-order valence-corrected chi connectivity index (χ3v) is 6.69. The van der Waals surface area contributed by atoms with Gasteiger partial charge in [-0.25, -0.2) is 4.98 Å². The molecule has 0 spiro atoms. The molecule has 166 valence electrons. The molecule has 1 N–H and O–H groups in total. The van der Waals surface area contributed by atoms with Crippen LogP contribution in [-0.4, -0.2) is 51.9 Å². The molecule has 1 aromatic heterocycles. The van der Waals surface area contributed by atoms with Gasteiger partial charge in [0, 0.05) is 43.7 Å². The summed E-state index contributed by atoms with van der Waals surface area (Å²) >= 11 is 0. The van der Waals surface area contributed by atoms with Crippen LogP contribution in [0, 0.1) is 17.0 Å². The Morgan fingerprint density at radius 3 is 2.56 bits per heavy atom. The van der Waals surface area contributed by atoms with E-state index in [9.17, 15) is 14.9 Å². The van der Waals surface area contributed by atoms with Crippen LogP contribution in [0.3, 0.4) is 0 Å². The smallest absolute Gasteiger partial charge is 0.293 e. The molecule has 2 saturated heterocycles. The Labute approximate surface area is 186 Å². The fourth-order valence-corrected chi connectivity index (χ4v) is 4.90. The number of H-pyrrole nitrogens is 1. The number of hydrogen-bond acceptors (Lipinski definition) is 5. The molecule has 8 nitrogen and oxygen atoms in total. The van der Waals surface area contributed by atoms with Crippen LogP contribution in [0.4, 0.5) is 11.4 Å². The fraction of sp³-hybridized carbons (Fsp3) is 0.417. The van der Waals surface area contributed by atoms with Crippen LogP contribution in [0.25, 0.3) is 11.0 Å². The highest BCUT2D eigenvalue weighted by molar-refractivity contribution is 5.96. The Kier molecular flexibility index (Phi) is 5.28. The Bertz CT molecular complexity index is 1170. The molecule has 0 radical (unpaired) electrons. The van der Waals surface area contributed by atoms with E-state index in [1.807, 2.05) is 11.0 Å². The van der Waals surface area contributed by atoms with Gasteiger partial charge in [-0.05, 0) is 62.4 Å². The van der Waals surface area contributed by atoms with Crippen molar-refractivity contribution >= 4 is 28.3 Å². The maximum Gasteiger partial charge on any atom is 0.293 e. The van der Waals surface area contributed by atoms with Crippen molar-refractivity contribution < 1.29 is 9.72 Å². The summed E-state index contributed by atoms with van der Waals surface area (Å²) in [4.78, 5) is 36.4. The standard InChI is InChI=1S/C24H27N5O3/c1-16-4-6-19-20(14-16)26-23(25-19)17-8-12-28(13-9-17)24(30)18-5-7-21(22(15-18)29(31)32)27-10-2-3-11-27/h4-7,14-15,17H,2-3,8-13H2,1H3,(H,25,26). The molecular formula is C24H27N5O3. The fourth-order valence-electron chi connectivity index (χ4n) is 4.90. The summed E-state index contributed by atoms with van der Waals surface area (Å²) in [5.74, 6) is 1.11. The van der Waals surface area contributed by atoms with Crippen molar-refractivity contribution in [3.8, 4) is 0 Å². The molecule has 0 aliphatic carbocycles. The topological polar surface area (TPSA) is 95.4 Å². The van der Waals surface area contributed by atoms with E-state index in [0.29, 0.717) is 24.3 Å². The average molecular weight is 434 g/mol. The number of benzene rings is 2. The van der Waals surface area contributed by atoms with Gasteiger partial charge in [0.15, 0.2) is 0 Å². The number of fused-ring (bicyclic) bond motifs is 1. The lowest BCUT2D eigenvalue weighted by Gasteiger charge is -2.31. The van der Waals surface area contributed by atoms with Gasteiger partial charge in [0.25, 0.3) is 11.6 Å². The molecule has 0 atom stereocenters. The molecular weight excluding hydrogens is 406 g/mol. The van der Waals surface area contributed by atoms with Crippen molar-refractivity contribution in [2.45, 2.75) is 38.5 Å². The number of aromatic nitrogens is 2. The minimum Gasteiger partial charge on any atom is -0.366 e. The van der Waals surface area contributed by atoms with Gasteiger partial charge in [0.05, 0.1) is 16.0 Å². The first-order valence-electron chi connectivity index (χ1n) is 11.3. The van der Waals surface area contributed by atoms with Crippen molar-refractivity contribution in [3.05, 3.63) is 63.5 Å². The number of nitro benzene ring substituents is 1. The molecule has 2 aromatic carbocycles. The predicted molar refractivity (Wildman–Crippen MR) is 123 cm³/mol. The Balaban J connectivity index is 1.29. The highest BCUT2D eigenvalue weighted by Gasteiger charge is 2.29. The van der Waals surface area contributed by atoms with E-state index in [2.05, 4.69) is 24.0 Å². The maximum absolute atomic E-state index is 13.1. The molecule has 2 aliphatic rings. The number of nitro groups is 1. The lowest BCUT2D eigenvalue weighted by molar-refractivity contribution is -0.384. The van der Waals surface area contributed by atoms with E-state index in [-0.39, 0.29) is 22.4 Å². The molecule has 3 aromatic rings. The molecule has 3 heterocycles. The number of nitrogens with one attached hydrogen (secondary N) is 1. The number of anilines is 1. The molecule has 0 unspecified atom stereocenters. The number of amides is 1. The number of imidazole rings is 1. The summed E-state index contributed by atoms with van der Waals surface area (Å²) in [7, 11) is 0. The molecule has 2 aliphatic heterocycles. The third-order valence-electron chi connectivity index (χ3n) is 6.69. The molecule has 8 heteroatoms. The largest absolute Gasteiger partial charge is 0.366 e. The molecule has 0 saturated carbocycles. The van der Waals surface area contributed by atoms with Crippen LogP contribution in [0.5, 0.6) is 0 Å². The van der Waals surface area contributed by atoms with Crippen LogP contribution < -0.4 is 4.90 Å². The van der Waals surface area contributed by atoms with Gasteiger partial charge in [-0.15, -0.1) is 0 Å². The van der Waals surface area contributed by atoms with Crippen LogP contribution in [0.1, 0.15) is 53.3 Å². The SMILES string of the molecule is Cc1ccc2nc(C3CCN(C(=O)c4ccc(N5CCCC5)c([N+](=O)[O-])c4)CC3)[nH]c2c1. The Morgan fingerprint density at radius 1 is 1.09 bits per heavy atom. The zero-order valence-corrected chi connectivity index (χ0v) is 18.2. The highest BCUT2D eigenvalue weighted by atomic mass is 16.6. The quantitative estimate of drug-likeness (QED) is 0.486. The molecule has 2 fully saturated rings. The molecule has 5 rings (SSSR count). The summed E-state index contributed by atoms with van der Waals surface area (Å²) in [6, 6.07) is 11.1.